The molecule has 1 aromatic carbocycles. The molecular formula is C11H8BrFN2O3. The molecule has 2 aromatic rings. The van der Waals surface area contributed by atoms with E-state index in [4.69, 9.17) is 4.42 Å². The van der Waals surface area contributed by atoms with Crippen molar-refractivity contribution in [2.24, 2.45) is 0 Å². The zero-order chi connectivity index (χ0) is 13.1. The van der Waals surface area contributed by atoms with Crippen LogP contribution in [-0.2, 0) is 6.54 Å². The molecule has 7 heteroatoms. The number of halogens is 2. The zero-order valence-corrected chi connectivity index (χ0v) is 10.6. The third kappa shape index (κ3) is 2.67. The molecule has 1 heterocycles. The first-order valence-corrected chi connectivity index (χ1v) is 5.77. The summed E-state index contributed by atoms with van der Waals surface area (Å²) in [6.07, 6.45) is 1.53. The fraction of sp³-hybridized carbons (Fsp3) is 0.0909. The molecule has 1 N–H and O–H groups in total. The molecule has 1 aromatic heterocycles. The van der Waals surface area contributed by atoms with E-state index in [1.807, 2.05) is 0 Å². The highest BCUT2D eigenvalue weighted by atomic mass is 79.9. The molecule has 0 aliphatic heterocycles. The smallest absolute Gasteiger partial charge is 0.304 e. The Morgan fingerprint density at radius 3 is 2.78 bits per heavy atom. The number of furan rings is 1. The number of hydrogen-bond acceptors (Lipinski definition) is 4. The van der Waals surface area contributed by atoms with Gasteiger partial charge in [0.25, 0.3) is 0 Å². The van der Waals surface area contributed by atoms with Crippen LogP contribution in [0.3, 0.4) is 0 Å². The molecule has 0 saturated carbocycles. The molecular weight excluding hydrogens is 307 g/mol. The van der Waals surface area contributed by atoms with Crippen LogP contribution in [0.2, 0.25) is 0 Å². The number of benzene rings is 1. The van der Waals surface area contributed by atoms with Gasteiger partial charge in [-0.2, -0.15) is 4.39 Å². The Balaban J connectivity index is 2.09. The van der Waals surface area contributed by atoms with Gasteiger partial charge in [0.2, 0.25) is 5.82 Å². The normalized spacial score (nSPS) is 10.3. The predicted octanol–water partition coefficient (Wildman–Crippen LogP) is 3.70. The molecule has 0 bridgehead atoms. The van der Waals surface area contributed by atoms with E-state index >= 15 is 0 Å². The molecule has 0 radical (unpaired) electrons. The second kappa shape index (κ2) is 5.18. The monoisotopic (exact) mass is 314 g/mol. The Morgan fingerprint density at radius 1 is 1.44 bits per heavy atom. The number of nitro groups is 1. The average molecular weight is 315 g/mol. The molecule has 2 rings (SSSR count). The zero-order valence-electron chi connectivity index (χ0n) is 9.02. The topological polar surface area (TPSA) is 68.3 Å². The summed E-state index contributed by atoms with van der Waals surface area (Å²) in [4.78, 5) is 9.68. The molecule has 5 nitrogen and oxygen atoms in total. The van der Waals surface area contributed by atoms with Crippen molar-refractivity contribution in [2.45, 2.75) is 6.54 Å². The predicted molar refractivity (Wildman–Crippen MR) is 66.8 cm³/mol. The highest BCUT2D eigenvalue weighted by molar-refractivity contribution is 9.10. The lowest BCUT2D eigenvalue weighted by molar-refractivity contribution is -0.387. The summed E-state index contributed by atoms with van der Waals surface area (Å²) >= 11 is 3.29. The molecule has 0 saturated heterocycles. The van der Waals surface area contributed by atoms with Crippen molar-refractivity contribution in [3.8, 4) is 0 Å². The van der Waals surface area contributed by atoms with Crippen LogP contribution in [-0.4, -0.2) is 4.92 Å². The van der Waals surface area contributed by atoms with Crippen molar-refractivity contribution < 1.29 is 13.7 Å². The van der Waals surface area contributed by atoms with Gasteiger partial charge in [0, 0.05) is 17.8 Å². The first-order chi connectivity index (χ1) is 8.58. The molecule has 0 unspecified atom stereocenters. The highest BCUT2D eigenvalue weighted by Gasteiger charge is 2.13. The summed E-state index contributed by atoms with van der Waals surface area (Å²) in [6.45, 7) is 0.352. The van der Waals surface area contributed by atoms with Gasteiger partial charge in [0.1, 0.15) is 5.76 Å². The first kappa shape index (κ1) is 12.6. The number of nitro benzene ring substituents is 1. The Labute approximate surface area is 110 Å². The molecule has 0 aliphatic carbocycles. The van der Waals surface area contributed by atoms with Crippen LogP contribution in [0.1, 0.15) is 5.76 Å². The van der Waals surface area contributed by atoms with Crippen LogP contribution in [0, 0.1) is 15.9 Å². The standard InChI is InChI=1S/C11H8BrFN2O3/c12-8-3-4-18-11(8)6-14-7-1-2-10(15(16)17)9(13)5-7/h1-5,14H,6H2. The van der Waals surface area contributed by atoms with E-state index in [-0.39, 0.29) is 0 Å². The minimum Gasteiger partial charge on any atom is -0.466 e. The third-order valence-electron chi connectivity index (χ3n) is 2.29. The van der Waals surface area contributed by atoms with Crippen molar-refractivity contribution >= 4 is 27.3 Å². The summed E-state index contributed by atoms with van der Waals surface area (Å²) in [5.41, 5.74) is -0.0962. The van der Waals surface area contributed by atoms with Crippen LogP contribution in [0.4, 0.5) is 15.8 Å². The summed E-state index contributed by atoms with van der Waals surface area (Å²) < 4.78 is 19.3. The molecule has 0 atom stereocenters. The molecule has 0 fully saturated rings. The highest BCUT2D eigenvalue weighted by Crippen LogP contribution is 2.23. The average Bonchev–Trinajstić information content (AvgIpc) is 2.72. The van der Waals surface area contributed by atoms with Gasteiger partial charge in [-0.05, 0) is 28.1 Å². The summed E-state index contributed by atoms with van der Waals surface area (Å²) in [7, 11) is 0. The Hall–Kier alpha value is -1.89. The number of hydrogen-bond donors (Lipinski definition) is 1. The Kier molecular flexibility index (Phi) is 3.61. The second-order valence-corrected chi connectivity index (χ2v) is 4.32. The minimum atomic E-state index is -0.872. The Bertz CT molecular complexity index is 585. The molecule has 0 spiro atoms. The molecule has 0 aliphatic rings. The minimum absolute atomic E-state index is 0.352. The second-order valence-electron chi connectivity index (χ2n) is 3.47. The van der Waals surface area contributed by atoms with Gasteiger partial charge < -0.3 is 9.73 Å². The van der Waals surface area contributed by atoms with Crippen LogP contribution >= 0.6 is 15.9 Å². The fourth-order valence-electron chi connectivity index (χ4n) is 1.40. The lowest BCUT2D eigenvalue weighted by Gasteiger charge is -2.05. The molecule has 94 valence electrons. The van der Waals surface area contributed by atoms with Gasteiger partial charge in [-0.25, -0.2) is 0 Å². The van der Waals surface area contributed by atoms with Crippen LogP contribution in [0.5, 0.6) is 0 Å². The van der Waals surface area contributed by atoms with E-state index in [1.54, 1.807) is 6.07 Å². The summed E-state index contributed by atoms with van der Waals surface area (Å²) in [5.74, 6) is -0.211. The maximum atomic E-state index is 13.3. The van der Waals surface area contributed by atoms with Gasteiger partial charge >= 0.3 is 5.69 Å². The van der Waals surface area contributed by atoms with Crippen molar-refractivity contribution in [3.05, 3.63) is 56.7 Å². The quantitative estimate of drug-likeness (QED) is 0.690. The van der Waals surface area contributed by atoms with E-state index in [2.05, 4.69) is 21.2 Å². The number of nitrogens with one attached hydrogen (secondary N) is 1. The van der Waals surface area contributed by atoms with Crippen LogP contribution in [0.25, 0.3) is 0 Å². The van der Waals surface area contributed by atoms with Crippen LogP contribution < -0.4 is 5.32 Å². The van der Waals surface area contributed by atoms with Crippen molar-refractivity contribution in [1.29, 1.82) is 0 Å². The maximum absolute atomic E-state index is 13.3. The van der Waals surface area contributed by atoms with Crippen molar-refractivity contribution in [2.75, 3.05) is 5.32 Å². The molecule has 0 amide bonds. The lowest BCUT2D eigenvalue weighted by Crippen LogP contribution is -2.00. The SMILES string of the molecule is O=[N+]([O-])c1ccc(NCc2occc2Br)cc1F. The van der Waals surface area contributed by atoms with Gasteiger partial charge in [-0.15, -0.1) is 0 Å². The Morgan fingerprint density at radius 2 is 2.22 bits per heavy atom. The van der Waals surface area contributed by atoms with E-state index in [1.165, 1.54) is 12.3 Å². The maximum Gasteiger partial charge on any atom is 0.304 e. The largest absolute Gasteiger partial charge is 0.466 e. The van der Waals surface area contributed by atoms with Gasteiger partial charge in [-0.3, -0.25) is 10.1 Å². The number of rotatable bonds is 4. The van der Waals surface area contributed by atoms with Gasteiger partial charge in [0.05, 0.1) is 22.2 Å². The summed E-state index contributed by atoms with van der Waals surface area (Å²) in [5, 5.41) is 13.4. The third-order valence-corrected chi connectivity index (χ3v) is 3.00. The van der Waals surface area contributed by atoms with Crippen LogP contribution in [0.15, 0.2) is 39.4 Å². The van der Waals surface area contributed by atoms with E-state index < -0.39 is 16.4 Å². The number of nitrogens with zero attached hydrogens (tertiary/aromatic N) is 1. The summed E-state index contributed by atoms with van der Waals surface area (Å²) in [6, 6.07) is 5.38. The lowest BCUT2D eigenvalue weighted by atomic mass is 10.2. The van der Waals surface area contributed by atoms with Gasteiger partial charge in [-0.1, -0.05) is 0 Å². The van der Waals surface area contributed by atoms with Crippen molar-refractivity contribution in [3.63, 3.8) is 0 Å². The first-order valence-electron chi connectivity index (χ1n) is 4.97. The van der Waals surface area contributed by atoms with E-state index in [9.17, 15) is 14.5 Å². The van der Waals surface area contributed by atoms with E-state index in [0.717, 1.165) is 16.6 Å². The van der Waals surface area contributed by atoms with E-state index in [0.29, 0.717) is 18.0 Å². The van der Waals surface area contributed by atoms with Gasteiger partial charge in [0.15, 0.2) is 0 Å². The number of anilines is 1. The molecule has 18 heavy (non-hydrogen) atoms. The fourth-order valence-corrected chi connectivity index (χ4v) is 1.74. The van der Waals surface area contributed by atoms with Crippen molar-refractivity contribution in [1.82, 2.24) is 0 Å².